The van der Waals surface area contributed by atoms with Crippen molar-refractivity contribution in [3.8, 4) is 55.9 Å². The van der Waals surface area contributed by atoms with Crippen molar-refractivity contribution >= 4 is 64.6 Å². The predicted octanol–water partition coefficient (Wildman–Crippen LogP) is 16.3. The van der Waals surface area contributed by atoms with Crippen LogP contribution in [-0.4, -0.2) is 4.98 Å². The van der Waals surface area contributed by atoms with E-state index in [1.165, 1.54) is 86.9 Å². The van der Waals surface area contributed by atoms with E-state index in [1.54, 1.807) is 0 Å². The van der Waals surface area contributed by atoms with Crippen LogP contribution in [0.4, 0.5) is 0 Å². The van der Waals surface area contributed by atoms with Crippen LogP contribution in [0, 0.1) is 0 Å². The summed E-state index contributed by atoms with van der Waals surface area (Å²) in [5.74, 6) is 0. The summed E-state index contributed by atoms with van der Waals surface area (Å²) in [5, 5.41) is 14.7. The Labute approximate surface area is 348 Å². The fourth-order valence-electron chi connectivity index (χ4n) is 9.36. The maximum atomic E-state index is 5.39. The van der Waals surface area contributed by atoms with Crippen LogP contribution in [0.15, 0.2) is 224 Å². The average Bonchev–Trinajstić information content (AvgIpc) is 3.32. The van der Waals surface area contributed by atoms with Gasteiger partial charge in [-0.2, -0.15) is 0 Å². The summed E-state index contributed by atoms with van der Waals surface area (Å²) >= 11 is 0. The van der Waals surface area contributed by atoms with Gasteiger partial charge in [-0.25, -0.2) is 4.98 Å². The van der Waals surface area contributed by atoms with Crippen LogP contribution in [-0.2, 0) is 0 Å². The van der Waals surface area contributed by atoms with Crippen molar-refractivity contribution in [2.24, 2.45) is 0 Å². The Bertz CT molecular complexity index is 3570. The van der Waals surface area contributed by atoms with Gasteiger partial charge in [0.1, 0.15) is 0 Å². The minimum Gasteiger partial charge on any atom is -0.248 e. The third-order valence-electron chi connectivity index (χ3n) is 12.3. The van der Waals surface area contributed by atoms with E-state index in [0.717, 1.165) is 33.6 Å². The van der Waals surface area contributed by atoms with E-state index in [4.69, 9.17) is 4.98 Å². The quantitative estimate of drug-likeness (QED) is 0.159. The normalized spacial score (nSPS) is 11.7. The molecule has 0 spiro atoms. The number of nitrogens with zero attached hydrogens (tertiary/aromatic N) is 1. The Morgan fingerprint density at radius 3 is 0.983 bits per heavy atom. The van der Waals surface area contributed by atoms with Gasteiger partial charge in [0.15, 0.2) is 0 Å². The van der Waals surface area contributed by atoms with Crippen LogP contribution >= 0.6 is 0 Å². The SMILES string of the molecule is c1ccc2cc(-c3cc(-c4ccc5c(-c6ccc7ccccc7c6)c6ccccc6c(-c6ccc7ccccc7c6)c5c4)cc(-c4ccc5ccccc5c4)n3)ccc2c1. The van der Waals surface area contributed by atoms with E-state index in [-0.39, 0.29) is 0 Å². The fourth-order valence-corrected chi connectivity index (χ4v) is 9.36. The van der Waals surface area contributed by atoms with Gasteiger partial charge >= 0.3 is 0 Å². The van der Waals surface area contributed by atoms with Crippen LogP contribution in [0.3, 0.4) is 0 Å². The summed E-state index contributed by atoms with van der Waals surface area (Å²) in [5.41, 5.74) is 11.3. The minimum absolute atomic E-state index is 0.951. The number of hydrogen-bond acceptors (Lipinski definition) is 1. The monoisotopic (exact) mass is 759 g/mol. The minimum atomic E-state index is 0.951. The van der Waals surface area contributed by atoms with E-state index >= 15 is 0 Å². The standard InChI is InChI=1S/C59H37N/c1-5-15-42-31-47(25-21-38(42)11-1)56-36-51(37-57(60-56)48-26-22-39-12-2-6-16-43(39)32-48)46-29-30-54-55(35-46)59(50-28-24-41-14-4-8-18-45(41)34-50)53-20-10-9-19-52(53)58(54)49-27-23-40-13-3-7-17-44(40)33-49/h1-37H. The molecule has 11 aromatic carbocycles. The zero-order chi connectivity index (χ0) is 39.6. The number of pyridine rings is 1. The van der Waals surface area contributed by atoms with Crippen LogP contribution in [0.5, 0.6) is 0 Å². The number of benzene rings is 11. The molecule has 0 amide bonds. The Hall–Kier alpha value is -7.87. The molecule has 0 unspecified atom stereocenters. The summed E-state index contributed by atoms with van der Waals surface area (Å²) in [6.45, 7) is 0. The molecule has 60 heavy (non-hydrogen) atoms. The second kappa shape index (κ2) is 13.9. The van der Waals surface area contributed by atoms with Crippen molar-refractivity contribution in [3.05, 3.63) is 224 Å². The fraction of sp³-hybridized carbons (Fsp3) is 0. The van der Waals surface area contributed by atoms with Gasteiger partial charge in [0.2, 0.25) is 0 Å². The van der Waals surface area contributed by atoms with Gasteiger partial charge in [-0.1, -0.05) is 182 Å². The number of fused-ring (bicyclic) bond motifs is 6. The first-order chi connectivity index (χ1) is 29.7. The summed E-state index contributed by atoms with van der Waals surface area (Å²) in [4.78, 5) is 5.39. The lowest BCUT2D eigenvalue weighted by molar-refractivity contribution is 1.33. The molecule has 0 aliphatic carbocycles. The maximum Gasteiger partial charge on any atom is 0.0715 e. The highest BCUT2D eigenvalue weighted by Gasteiger charge is 2.19. The molecule has 0 bridgehead atoms. The molecule has 0 atom stereocenters. The zero-order valence-corrected chi connectivity index (χ0v) is 32.8. The molecule has 0 N–H and O–H groups in total. The Morgan fingerprint density at radius 2 is 0.533 bits per heavy atom. The molecule has 0 radical (unpaired) electrons. The average molecular weight is 760 g/mol. The number of hydrogen-bond donors (Lipinski definition) is 0. The topological polar surface area (TPSA) is 12.9 Å². The van der Waals surface area contributed by atoms with Gasteiger partial charge in [-0.15, -0.1) is 0 Å². The van der Waals surface area contributed by atoms with Gasteiger partial charge in [-0.3, -0.25) is 0 Å². The van der Waals surface area contributed by atoms with Gasteiger partial charge in [0.25, 0.3) is 0 Å². The van der Waals surface area contributed by atoms with Crippen LogP contribution in [0.1, 0.15) is 0 Å². The van der Waals surface area contributed by atoms with Crippen LogP contribution < -0.4 is 0 Å². The Morgan fingerprint density at radius 1 is 0.200 bits per heavy atom. The molecule has 1 heteroatoms. The van der Waals surface area contributed by atoms with E-state index < -0.39 is 0 Å². The third-order valence-corrected chi connectivity index (χ3v) is 12.3. The van der Waals surface area contributed by atoms with Crippen molar-refractivity contribution in [1.29, 1.82) is 0 Å². The molecule has 12 rings (SSSR count). The van der Waals surface area contributed by atoms with Crippen molar-refractivity contribution in [2.45, 2.75) is 0 Å². The number of aromatic nitrogens is 1. The number of rotatable bonds is 5. The summed E-state index contributed by atoms with van der Waals surface area (Å²) in [6, 6.07) is 82.2. The first-order valence-corrected chi connectivity index (χ1v) is 20.7. The van der Waals surface area contributed by atoms with Crippen molar-refractivity contribution in [1.82, 2.24) is 4.98 Å². The highest BCUT2D eigenvalue weighted by Crippen LogP contribution is 2.46. The molecule has 278 valence electrons. The van der Waals surface area contributed by atoms with Gasteiger partial charge in [-0.05, 0) is 140 Å². The summed E-state index contributed by atoms with van der Waals surface area (Å²) < 4.78 is 0. The lowest BCUT2D eigenvalue weighted by Gasteiger charge is -2.19. The molecule has 0 saturated heterocycles. The highest BCUT2D eigenvalue weighted by molar-refractivity contribution is 6.22. The summed E-state index contributed by atoms with van der Waals surface area (Å²) in [6.07, 6.45) is 0. The van der Waals surface area contributed by atoms with Gasteiger partial charge in [0.05, 0.1) is 11.4 Å². The van der Waals surface area contributed by atoms with Crippen molar-refractivity contribution in [3.63, 3.8) is 0 Å². The smallest absolute Gasteiger partial charge is 0.0715 e. The van der Waals surface area contributed by atoms with E-state index in [0.29, 0.717) is 0 Å². The lowest BCUT2D eigenvalue weighted by Crippen LogP contribution is -1.94. The van der Waals surface area contributed by atoms with E-state index in [9.17, 15) is 0 Å². The molecular weight excluding hydrogens is 723 g/mol. The Balaban J connectivity index is 1.14. The molecule has 0 aliphatic heterocycles. The Kier molecular flexibility index (Phi) is 7.92. The molecule has 12 aromatic rings. The van der Waals surface area contributed by atoms with E-state index in [1.807, 2.05) is 0 Å². The molecular formula is C59H37N. The van der Waals surface area contributed by atoms with Gasteiger partial charge in [0, 0.05) is 11.1 Å². The predicted molar refractivity (Wildman–Crippen MR) is 256 cm³/mol. The zero-order valence-electron chi connectivity index (χ0n) is 32.8. The van der Waals surface area contributed by atoms with Crippen LogP contribution in [0.25, 0.3) is 121 Å². The molecule has 0 saturated carbocycles. The highest BCUT2D eigenvalue weighted by atomic mass is 14.7. The van der Waals surface area contributed by atoms with Crippen LogP contribution in [0.2, 0.25) is 0 Å². The molecule has 1 heterocycles. The lowest BCUT2D eigenvalue weighted by atomic mass is 9.84. The van der Waals surface area contributed by atoms with E-state index in [2.05, 4.69) is 224 Å². The largest absolute Gasteiger partial charge is 0.248 e. The van der Waals surface area contributed by atoms with Gasteiger partial charge < -0.3 is 0 Å². The molecule has 0 fully saturated rings. The molecule has 1 nitrogen and oxygen atoms in total. The first kappa shape index (κ1) is 34.2. The molecule has 1 aromatic heterocycles. The first-order valence-electron chi connectivity index (χ1n) is 20.7. The second-order valence-corrected chi connectivity index (χ2v) is 15.9. The summed E-state index contributed by atoms with van der Waals surface area (Å²) in [7, 11) is 0. The van der Waals surface area contributed by atoms with Crippen molar-refractivity contribution in [2.75, 3.05) is 0 Å². The third kappa shape index (κ3) is 5.82. The maximum absolute atomic E-state index is 5.39. The second-order valence-electron chi connectivity index (χ2n) is 15.9. The molecule has 0 aliphatic rings. The van der Waals surface area contributed by atoms with Crippen molar-refractivity contribution < 1.29 is 0 Å².